The number of carbonyl (C=O) groups excluding carboxylic acids is 2. The fraction of sp³-hybridized carbons (Fsp3) is 0.318. The molecule has 1 N–H and O–H groups in total. The van der Waals surface area contributed by atoms with E-state index in [0.29, 0.717) is 28.6 Å². The molecule has 0 spiro atoms. The zero-order valence-corrected chi connectivity index (χ0v) is 19.3. The average molecular weight is 496 g/mol. The highest BCUT2D eigenvalue weighted by molar-refractivity contribution is 7.20. The highest BCUT2D eigenvalue weighted by atomic mass is 35.5. The number of nitrogens with one attached hydrogen (secondary N) is 1. The lowest BCUT2D eigenvalue weighted by molar-refractivity contribution is -0.122. The SMILES string of the molecule is O=C(COc1ccc(Cl)c(F)c1)CN1CCC(NC(=O)c2nc3cc(Cl)ccc3s2)CC1. The van der Waals surface area contributed by atoms with Crippen molar-refractivity contribution in [1.29, 1.82) is 0 Å². The lowest BCUT2D eigenvalue weighted by Gasteiger charge is -2.31. The molecule has 3 aromatic rings. The van der Waals surface area contributed by atoms with Crippen molar-refractivity contribution in [3.8, 4) is 5.75 Å². The quantitative estimate of drug-likeness (QED) is 0.519. The summed E-state index contributed by atoms with van der Waals surface area (Å²) < 4.78 is 19.7. The Labute approximate surface area is 198 Å². The van der Waals surface area contributed by atoms with E-state index in [-0.39, 0.29) is 41.7 Å². The predicted octanol–water partition coefficient (Wildman–Crippen LogP) is 4.58. The number of Topliss-reactive ketones (excluding diaryl/α,β-unsaturated/α-hetero) is 1. The number of benzene rings is 2. The standard InChI is InChI=1S/C22H20Cl2FN3O3S/c23-13-1-4-20-19(9-13)27-22(32-20)21(30)26-14-5-7-28(8-6-14)11-15(29)12-31-16-2-3-17(24)18(25)10-16/h1-4,9-10,14H,5-8,11-12H2,(H,26,30). The van der Waals surface area contributed by atoms with Crippen molar-refractivity contribution in [2.75, 3.05) is 26.2 Å². The normalized spacial score (nSPS) is 15.1. The van der Waals surface area contributed by atoms with Crippen LogP contribution >= 0.6 is 34.5 Å². The molecule has 0 radical (unpaired) electrons. The van der Waals surface area contributed by atoms with Crippen LogP contribution in [0.25, 0.3) is 10.2 Å². The van der Waals surface area contributed by atoms with Crippen LogP contribution in [0.2, 0.25) is 10.0 Å². The molecule has 10 heteroatoms. The Morgan fingerprint density at radius 2 is 1.97 bits per heavy atom. The number of fused-ring (bicyclic) bond motifs is 1. The van der Waals surface area contributed by atoms with Gasteiger partial charge in [0.2, 0.25) is 0 Å². The number of ketones is 1. The van der Waals surface area contributed by atoms with Crippen molar-refractivity contribution in [3.63, 3.8) is 0 Å². The monoisotopic (exact) mass is 495 g/mol. The third-order valence-electron chi connectivity index (χ3n) is 5.16. The van der Waals surface area contributed by atoms with Crippen molar-refractivity contribution in [2.24, 2.45) is 0 Å². The van der Waals surface area contributed by atoms with E-state index in [0.717, 1.165) is 23.6 Å². The van der Waals surface area contributed by atoms with Crippen LogP contribution in [0.4, 0.5) is 4.39 Å². The summed E-state index contributed by atoms with van der Waals surface area (Å²) in [5.74, 6) is -0.620. The summed E-state index contributed by atoms with van der Waals surface area (Å²) in [6, 6.07) is 9.47. The van der Waals surface area contributed by atoms with Gasteiger partial charge in [-0.1, -0.05) is 23.2 Å². The van der Waals surface area contributed by atoms with Gasteiger partial charge in [0, 0.05) is 30.2 Å². The molecule has 4 rings (SSSR count). The van der Waals surface area contributed by atoms with Crippen molar-refractivity contribution in [3.05, 3.63) is 57.3 Å². The van der Waals surface area contributed by atoms with Gasteiger partial charge in [-0.25, -0.2) is 9.37 Å². The number of carbonyl (C=O) groups is 2. The molecule has 2 aromatic carbocycles. The van der Waals surface area contributed by atoms with Gasteiger partial charge in [-0.2, -0.15) is 0 Å². The Balaban J connectivity index is 1.21. The van der Waals surface area contributed by atoms with Crippen molar-refractivity contribution < 1.29 is 18.7 Å². The molecule has 0 unspecified atom stereocenters. The summed E-state index contributed by atoms with van der Waals surface area (Å²) in [4.78, 5) is 31.2. The van der Waals surface area contributed by atoms with Gasteiger partial charge >= 0.3 is 0 Å². The number of aromatic nitrogens is 1. The van der Waals surface area contributed by atoms with E-state index in [1.54, 1.807) is 12.1 Å². The zero-order chi connectivity index (χ0) is 22.7. The summed E-state index contributed by atoms with van der Waals surface area (Å²) in [5.41, 5.74) is 0.713. The number of nitrogens with zero attached hydrogens (tertiary/aromatic N) is 2. The molecule has 1 saturated heterocycles. The van der Waals surface area contributed by atoms with E-state index in [9.17, 15) is 14.0 Å². The van der Waals surface area contributed by atoms with Gasteiger partial charge in [-0.05, 0) is 43.2 Å². The fourth-order valence-electron chi connectivity index (χ4n) is 3.51. The first-order valence-electron chi connectivity index (χ1n) is 10.1. The molecule has 1 aliphatic rings. The molecule has 0 saturated carbocycles. The van der Waals surface area contributed by atoms with Crippen LogP contribution in [0.1, 0.15) is 22.6 Å². The maximum atomic E-state index is 13.4. The molecule has 6 nitrogen and oxygen atoms in total. The number of piperidine rings is 1. The molecule has 0 aliphatic carbocycles. The van der Waals surface area contributed by atoms with Crippen LogP contribution < -0.4 is 10.1 Å². The second kappa shape index (κ2) is 10.1. The minimum atomic E-state index is -0.588. The Bertz CT molecular complexity index is 1150. The average Bonchev–Trinajstić information content (AvgIpc) is 3.19. The molecule has 32 heavy (non-hydrogen) atoms. The molecule has 1 fully saturated rings. The van der Waals surface area contributed by atoms with E-state index < -0.39 is 5.82 Å². The first-order chi connectivity index (χ1) is 15.4. The fourth-order valence-corrected chi connectivity index (χ4v) is 4.64. The largest absolute Gasteiger partial charge is 0.486 e. The highest BCUT2D eigenvalue weighted by Gasteiger charge is 2.24. The molecule has 2 heterocycles. The molecule has 1 aliphatic heterocycles. The third-order valence-corrected chi connectivity index (χ3v) is 6.73. The number of likely N-dealkylation sites (tertiary alicyclic amines) is 1. The molecule has 0 bridgehead atoms. The number of hydrogen-bond donors (Lipinski definition) is 1. The first-order valence-corrected chi connectivity index (χ1v) is 11.6. The van der Waals surface area contributed by atoms with Crippen LogP contribution in [-0.2, 0) is 4.79 Å². The number of amides is 1. The smallest absolute Gasteiger partial charge is 0.280 e. The summed E-state index contributed by atoms with van der Waals surface area (Å²) >= 11 is 13.0. The van der Waals surface area contributed by atoms with Crippen LogP contribution in [0, 0.1) is 5.82 Å². The highest BCUT2D eigenvalue weighted by Crippen LogP contribution is 2.25. The number of hydrogen-bond acceptors (Lipinski definition) is 6. The van der Waals surface area contributed by atoms with E-state index >= 15 is 0 Å². The van der Waals surface area contributed by atoms with Gasteiger partial charge in [0.25, 0.3) is 5.91 Å². The van der Waals surface area contributed by atoms with E-state index in [1.165, 1.54) is 23.5 Å². The minimum absolute atomic E-state index is 0.00571. The summed E-state index contributed by atoms with van der Waals surface area (Å²) in [6.45, 7) is 1.47. The summed E-state index contributed by atoms with van der Waals surface area (Å²) in [7, 11) is 0. The Hall–Kier alpha value is -2.26. The lowest BCUT2D eigenvalue weighted by Crippen LogP contribution is -2.46. The maximum Gasteiger partial charge on any atom is 0.280 e. The third kappa shape index (κ3) is 5.75. The van der Waals surface area contributed by atoms with E-state index in [2.05, 4.69) is 10.3 Å². The van der Waals surface area contributed by atoms with Gasteiger partial charge in [-0.15, -0.1) is 11.3 Å². The number of ether oxygens (including phenoxy) is 1. The topological polar surface area (TPSA) is 71.5 Å². The Kier molecular flexibility index (Phi) is 7.25. The van der Waals surface area contributed by atoms with Gasteiger partial charge in [0.1, 0.15) is 18.2 Å². The molecule has 1 amide bonds. The molecule has 168 valence electrons. The molecular weight excluding hydrogens is 476 g/mol. The first kappa shape index (κ1) is 22.9. The van der Waals surface area contributed by atoms with Gasteiger partial charge in [-0.3, -0.25) is 14.5 Å². The second-order valence-corrected chi connectivity index (χ2v) is 9.43. The number of thiazole rings is 1. The van der Waals surface area contributed by atoms with Crippen molar-refractivity contribution in [1.82, 2.24) is 15.2 Å². The molecular formula is C22H20Cl2FN3O3S. The van der Waals surface area contributed by atoms with Crippen LogP contribution in [-0.4, -0.2) is 53.9 Å². The summed E-state index contributed by atoms with van der Waals surface area (Å²) in [6.07, 6.45) is 1.47. The zero-order valence-electron chi connectivity index (χ0n) is 16.9. The summed E-state index contributed by atoms with van der Waals surface area (Å²) in [5, 5.41) is 4.04. The lowest BCUT2D eigenvalue weighted by atomic mass is 10.0. The van der Waals surface area contributed by atoms with Gasteiger partial charge < -0.3 is 10.1 Å². The van der Waals surface area contributed by atoms with Gasteiger partial charge in [0.05, 0.1) is 21.8 Å². The van der Waals surface area contributed by atoms with E-state index in [4.69, 9.17) is 27.9 Å². The maximum absolute atomic E-state index is 13.4. The minimum Gasteiger partial charge on any atom is -0.486 e. The second-order valence-electron chi connectivity index (χ2n) is 7.56. The number of halogens is 3. The van der Waals surface area contributed by atoms with Crippen molar-refractivity contribution >= 4 is 56.4 Å². The van der Waals surface area contributed by atoms with Gasteiger partial charge in [0.15, 0.2) is 10.8 Å². The Morgan fingerprint density at radius 1 is 1.19 bits per heavy atom. The Morgan fingerprint density at radius 3 is 2.72 bits per heavy atom. The van der Waals surface area contributed by atoms with Crippen LogP contribution in [0.5, 0.6) is 5.75 Å². The van der Waals surface area contributed by atoms with Crippen LogP contribution in [0.3, 0.4) is 0 Å². The predicted molar refractivity (Wildman–Crippen MR) is 123 cm³/mol. The van der Waals surface area contributed by atoms with E-state index in [1.807, 2.05) is 11.0 Å². The molecule has 1 aromatic heterocycles. The number of rotatable bonds is 7. The van der Waals surface area contributed by atoms with Crippen molar-refractivity contribution in [2.45, 2.75) is 18.9 Å². The van der Waals surface area contributed by atoms with Crippen LogP contribution in [0.15, 0.2) is 36.4 Å². The molecule has 0 atom stereocenters.